The molecule has 0 spiro atoms. The molecule has 0 aliphatic carbocycles. The lowest BCUT2D eigenvalue weighted by molar-refractivity contribution is -0.138. The van der Waals surface area contributed by atoms with Crippen molar-refractivity contribution in [1.82, 2.24) is 14.7 Å². The molecule has 1 aromatic heterocycles. The molecular weight excluding hydrogens is 332 g/mol. The summed E-state index contributed by atoms with van der Waals surface area (Å²) in [5.41, 5.74) is 7.94. The number of methoxy groups -OCH3 is 1. The van der Waals surface area contributed by atoms with Gasteiger partial charge >= 0.3 is 0 Å². The normalized spacial score (nSPS) is 19.8. The maximum atomic E-state index is 12.7. The minimum Gasteiger partial charge on any atom is -0.382 e. The van der Waals surface area contributed by atoms with Gasteiger partial charge in [-0.25, -0.2) is 0 Å². The molecule has 2 aromatic rings. The van der Waals surface area contributed by atoms with Gasteiger partial charge in [0.05, 0.1) is 25.3 Å². The number of nitrogens with two attached hydrogens (primary N) is 1. The lowest BCUT2D eigenvalue weighted by Gasteiger charge is -2.24. The Balaban J connectivity index is 1.57. The molecule has 1 saturated heterocycles. The molecule has 2 heterocycles. The molecular formula is C19H26N4O3. The summed E-state index contributed by atoms with van der Waals surface area (Å²) in [6, 6.07) is 9.79. The lowest BCUT2D eigenvalue weighted by atomic mass is 10.1. The van der Waals surface area contributed by atoms with Crippen molar-refractivity contribution in [3.63, 3.8) is 0 Å². The largest absolute Gasteiger partial charge is 0.382 e. The maximum Gasteiger partial charge on any atom is 0.248 e. The third kappa shape index (κ3) is 4.42. The van der Waals surface area contributed by atoms with Gasteiger partial charge in [0.25, 0.3) is 0 Å². The van der Waals surface area contributed by atoms with Gasteiger partial charge in [0.15, 0.2) is 0 Å². The van der Waals surface area contributed by atoms with Gasteiger partial charge in [-0.05, 0) is 30.5 Å². The van der Waals surface area contributed by atoms with Gasteiger partial charge in [-0.2, -0.15) is 5.10 Å². The Morgan fingerprint density at radius 1 is 1.35 bits per heavy atom. The number of carbonyl (C=O) groups is 1. The van der Waals surface area contributed by atoms with Crippen LogP contribution in [0, 0.1) is 6.92 Å². The molecule has 0 bridgehead atoms. The number of anilines is 1. The Labute approximate surface area is 153 Å². The van der Waals surface area contributed by atoms with Crippen molar-refractivity contribution in [3.05, 3.63) is 47.7 Å². The third-order valence-electron chi connectivity index (χ3n) is 4.83. The van der Waals surface area contributed by atoms with E-state index in [4.69, 9.17) is 15.2 Å². The molecule has 0 unspecified atom stereocenters. The van der Waals surface area contributed by atoms with E-state index in [0.717, 1.165) is 17.5 Å². The fraction of sp³-hybridized carbons (Fsp3) is 0.474. The summed E-state index contributed by atoms with van der Waals surface area (Å²) in [4.78, 5) is 14.5. The molecule has 7 nitrogen and oxygen atoms in total. The summed E-state index contributed by atoms with van der Waals surface area (Å²) in [6.07, 6.45) is 2.64. The van der Waals surface area contributed by atoms with Gasteiger partial charge in [-0.1, -0.05) is 24.3 Å². The van der Waals surface area contributed by atoms with Crippen LogP contribution in [0.25, 0.3) is 0 Å². The Hall–Kier alpha value is -2.38. The molecule has 0 saturated carbocycles. The fourth-order valence-corrected chi connectivity index (χ4v) is 3.32. The highest BCUT2D eigenvalue weighted by Gasteiger charge is 2.35. The van der Waals surface area contributed by atoms with Crippen molar-refractivity contribution in [1.29, 1.82) is 0 Å². The molecule has 1 aliphatic heterocycles. The van der Waals surface area contributed by atoms with Gasteiger partial charge in [-0.3, -0.25) is 9.48 Å². The second kappa shape index (κ2) is 8.33. The van der Waals surface area contributed by atoms with E-state index in [0.29, 0.717) is 25.5 Å². The number of nitrogen functional groups attached to an aromatic ring is 1. The maximum absolute atomic E-state index is 12.7. The van der Waals surface area contributed by atoms with Crippen molar-refractivity contribution in [3.8, 4) is 0 Å². The van der Waals surface area contributed by atoms with E-state index in [9.17, 15) is 4.79 Å². The van der Waals surface area contributed by atoms with Crippen molar-refractivity contribution in [2.75, 3.05) is 26.0 Å². The van der Waals surface area contributed by atoms with E-state index >= 15 is 0 Å². The molecule has 7 heteroatoms. The number of aromatic nitrogens is 2. The SMILES string of the molecule is CO[C@H]1C[C@@H](Cn2ccc(N)n2)N(C(=O)COCc2ccccc2C)C1. The predicted octanol–water partition coefficient (Wildman–Crippen LogP) is 1.61. The smallest absolute Gasteiger partial charge is 0.248 e. The highest BCUT2D eigenvalue weighted by Crippen LogP contribution is 2.22. The summed E-state index contributed by atoms with van der Waals surface area (Å²) in [5, 5.41) is 4.21. The van der Waals surface area contributed by atoms with E-state index < -0.39 is 0 Å². The first-order valence-corrected chi connectivity index (χ1v) is 8.80. The number of likely N-dealkylation sites (tertiary alicyclic amines) is 1. The van der Waals surface area contributed by atoms with Crippen molar-refractivity contribution >= 4 is 11.7 Å². The molecule has 26 heavy (non-hydrogen) atoms. The van der Waals surface area contributed by atoms with Crippen LogP contribution >= 0.6 is 0 Å². The van der Waals surface area contributed by atoms with Crippen LogP contribution in [-0.4, -0.2) is 53.0 Å². The van der Waals surface area contributed by atoms with Gasteiger partial charge in [0.2, 0.25) is 5.91 Å². The number of rotatable bonds is 7. The summed E-state index contributed by atoms with van der Waals surface area (Å²) >= 11 is 0. The van der Waals surface area contributed by atoms with Crippen LogP contribution < -0.4 is 5.73 Å². The Morgan fingerprint density at radius 3 is 2.85 bits per heavy atom. The Bertz CT molecular complexity index is 746. The zero-order valence-corrected chi connectivity index (χ0v) is 15.3. The van der Waals surface area contributed by atoms with E-state index in [1.54, 1.807) is 17.9 Å². The lowest BCUT2D eigenvalue weighted by Crippen LogP contribution is -2.40. The minimum absolute atomic E-state index is 0.0220. The van der Waals surface area contributed by atoms with Crippen molar-refractivity contribution in [2.24, 2.45) is 0 Å². The number of hydrogen-bond donors (Lipinski definition) is 1. The predicted molar refractivity (Wildman–Crippen MR) is 98.4 cm³/mol. The number of benzene rings is 1. The molecule has 140 valence electrons. The summed E-state index contributed by atoms with van der Waals surface area (Å²) < 4.78 is 12.9. The Kier molecular flexibility index (Phi) is 5.90. The molecule has 1 aromatic carbocycles. The first kappa shape index (κ1) is 18.4. The Morgan fingerprint density at radius 2 is 2.15 bits per heavy atom. The second-order valence-electron chi connectivity index (χ2n) is 6.68. The number of amides is 1. The van der Waals surface area contributed by atoms with E-state index in [1.165, 1.54) is 0 Å². The van der Waals surface area contributed by atoms with Crippen LogP contribution in [-0.2, 0) is 27.4 Å². The number of nitrogens with zero attached hydrogens (tertiary/aromatic N) is 3. The van der Waals surface area contributed by atoms with Gasteiger partial charge in [0.1, 0.15) is 12.4 Å². The fourth-order valence-electron chi connectivity index (χ4n) is 3.32. The highest BCUT2D eigenvalue weighted by molar-refractivity contribution is 5.78. The second-order valence-corrected chi connectivity index (χ2v) is 6.68. The monoisotopic (exact) mass is 358 g/mol. The molecule has 1 aliphatic rings. The summed E-state index contributed by atoms with van der Waals surface area (Å²) in [7, 11) is 1.68. The first-order valence-electron chi connectivity index (χ1n) is 8.80. The van der Waals surface area contributed by atoms with Crippen LogP contribution in [0.4, 0.5) is 5.82 Å². The average Bonchev–Trinajstić information content (AvgIpc) is 3.23. The standard InChI is InChI=1S/C19H26N4O3/c1-14-5-3-4-6-15(14)12-26-13-19(24)23-11-17(25-2)9-16(23)10-22-8-7-18(20)21-22/h3-8,16-17H,9-13H2,1-2H3,(H2,20,21)/t16-,17-/m0/s1. The molecule has 0 radical (unpaired) electrons. The molecule has 3 rings (SSSR count). The topological polar surface area (TPSA) is 82.6 Å². The van der Waals surface area contributed by atoms with Gasteiger partial charge in [-0.15, -0.1) is 0 Å². The van der Waals surface area contributed by atoms with Crippen LogP contribution in [0.3, 0.4) is 0 Å². The average molecular weight is 358 g/mol. The quantitative estimate of drug-likeness (QED) is 0.813. The number of carbonyl (C=O) groups excluding carboxylic acids is 1. The zero-order chi connectivity index (χ0) is 18.5. The van der Waals surface area contributed by atoms with Gasteiger partial charge in [0, 0.05) is 19.9 Å². The number of ether oxygens (including phenoxy) is 2. The van der Waals surface area contributed by atoms with E-state index in [1.807, 2.05) is 42.3 Å². The molecule has 1 amide bonds. The molecule has 2 atom stereocenters. The van der Waals surface area contributed by atoms with Gasteiger partial charge < -0.3 is 20.1 Å². The third-order valence-corrected chi connectivity index (χ3v) is 4.83. The van der Waals surface area contributed by atoms with Crippen LogP contribution in [0.1, 0.15) is 17.5 Å². The zero-order valence-electron chi connectivity index (χ0n) is 15.3. The van der Waals surface area contributed by atoms with Crippen molar-refractivity contribution in [2.45, 2.75) is 38.6 Å². The number of hydrogen-bond acceptors (Lipinski definition) is 5. The molecule has 2 N–H and O–H groups in total. The summed E-state index contributed by atoms with van der Waals surface area (Å²) in [6.45, 7) is 3.70. The van der Waals surface area contributed by atoms with Crippen LogP contribution in [0.2, 0.25) is 0 Å². The highest BCUT2D eigenvalue weighted by atomic mass is 16.5. The number of aryl methyl sites for hydroxylation is 1. The van der Waals surface area contributed by atoms with Crippen molar-refractivity contribution < 1.29 is 14.3 Å². The van der Waals surface area contributed by atoms with E-state index in [-0.39, 0.29) is 24.7 Å². The van der Waals surface area contributed by atoms with Crippen LogP contribution in [0.15, 0.2) is 36.5 Å². The minimum atomic E-state index is -0.0248. The summed E-state index contributed by atoms with van der Waals surface area (Å²) in [5.74, 6) is 0.453. The van der Waals surface area contributed by atoms with E-state index in [2.05, 4.69) is 5.10 Å². The van der Waals surface area contributed by atoms with Crippen LogP contribution in [0.5, 0.6) is 0 Å². The first-order chi connectivity index (χ1) is 12.6. The molecule has 1 fully saturated rings.